The van der Waals surface area contributed by atoms with Crippen molar-refractivity contribution in [3.05, 3.63) is 78.5 Å². The molecule has 3 aromatic rings. The summed E-state index contributed by atoms with van der Waals surface area (Å²) in [5.41, 5.74) is 0. The molecule has 3 rings (SSSR count). The Labute approximate surface area is 168 Å². The highest BCUT2D eigenvalue weighted by molar-refractivity contribution is 7.92. The van der Waals surface area contributed by atoms with Gasteiger partial charge >= 0.3 is 0 Å². The molecule has 0 aliphatic heterocycles. The zero-order valence-electron chi connectivity index (χ0n) is 15.3. The number of hydrogen-bond donors (Lipinski definition) is 1. The van der Waals surface area contributed by atoms with Crippen molar-refractivity contribution in [3.8, 4) is 5.75 Å². The molecule has 2 aromatic carbocycles. The number of furan rings is 1. The molecular weight excluding hydrogens is 421 g/mol. The number of halogens is 1. The maximum absolute atomic E-state index is 13.2. The quantitative estimate of drug-likeness (QED) is 0.542. The smallest absolute Gasteiger partial charge is 0.240 e. The van der Waals surface area contributed by atoms with Crippen LogP contribution in [-0.2, 0) is 19.9 Å². The number of methoxy groups -OCH3 is 1. The third kappa shape index (κ3) is 4.66. The van der Waals surface area contributed by atoms with E-state index in [1.807, 2.05) is 0 Å². The molecule has 0 saturated heterocycles. The number of rotatable bonds is 8. The van der Waals surface area contributed by atoms with Crippen molar-refractivity contribution >= 4 is 19.9 Å². The molecule has 154 valence electrons. The fraction of sp³-hybridized carbons (Fsp3) is 0.158. The minimum Gasteiger partial charge on any atom is -0.497 e. The second kappa shape index (κ2) is 8.36. The Bertz CT molecular complexity index is 1160. The van der Waals surface area contributed by atoms with Crippen LogP contribution in [0.15, 0.2) is 81.1 Å². The third-order valence-corrected chi connectivity index (χ3v) is 7.72. The Kier molecular flexibility index (Phi) is 6.06. The van der Waals surface area contributed by atoms with Crippen LogP contribution in [0.2, 0.25) is 0 Å². The van der Waals surface area contributed by atoms with E-state index in [2.05, 4.69) is 4.72 Å². The van der Waals surface area contributed by atoms with E-state index in [1.54, 1.807) is 0 Å². The van der Waals surface area contributed by atoms with E-state index < -0.39 is 37.5 Å². The average molecular weight is 439 g/mol. The summed E-state index contributed by atoms with van der Waals surface area (Å²) in [6.07, 6.45) is 1.29. The molecule has 0 aliphatic carbocycles. The first-order valence-corrected chi connectivity index (χ1v) is 11.4. The monoisotopic (exact) mass is 439 g/mol. The topological polar surface area (TPSA) is 103 Å². The molecule has 0 spiro atoms. The van der Waals surface area contributed by atoms with E-state index in [0.29, 0.717) is 5.75 Å². The van der Waals surface area contributed by atoms with Crippen LogP contribution in [-0.4, -0.2) is 30.5 Å². The number of ether oxygens (including phenoxy) is 1. The van der Waals surface area contributed by atoms with Crippen LogP contribution in [0.3, 0.4) is 0 Å². The summed E-state index contributed by atoms with van der Waals surface area (Å²) < 4.78 is 77.0. The number of hydrogen-bond acceptors (Lipinski definition) is 6. The van der Waals surface area contributed by atoms with Gasteiger partial charge in [-0.1, -0.05) is 0 Å². The predicted molar refractivity (Wildman–Crippen MR) is 103 cm³/mol. The number of nitrogens with one attached hydrogen (secondary N) is 1. The third-order valence-electron chi connectivity index (χ3n) is 4.21. The van der Waals surface area contributed by atoms with Crippen LogP contribution in [0.25, 0.3) is 0 Å². The van der Waals surface area contributed by atoms with Crippen molar-refractivity contribution in [1.82, 2.24) is 4.72 Å². The molecule has 0 unspecified atom stereocenters. The zero-order chi connectivity index (χ0) is 21.1. The Morgan fingerprint density at radius 3 is 2.14 bits per heavy atom. The van der Waals surface area contributed by atoms with Gasteiger partial charge in [0.05, 0.1) is 23.2 Å². The standard InChI is InChI=1S/C19H18FNO6S2/c1-26-15-6-10-17(11-7-15)29(24,25)21-13-19(18-3-2-12-27-18)28(22,23)16-8-4-14(20)5-9-16/h2-12,19,21H,13H2,1H3/t19-/m0/s1. The van der Waals surface area contributed by atoms with E-state index in [1.165, 1.54) is 49.8 Å². The zero-order valence-corrected chi connectivity index (χ0v) is 16.9. The summed E-state index contributed by atoms with van der Waals surface area (Å²) >= 11 is 0. The fourth-order valence-electron chi connectivity index (χ4n) is 2.65. The first-order valence-electron chi connectivity index (χ1n) is 8.40. The van der Waals surface area contributed by atoms with E-state index in [4.69, 9.17) is 9.15 Å². The summed E-state index contributed by atoms with van der Waals surface area (Å²) in [5, 5.41) is -1.34. The van der Waals surface area contributed by atoms with Gasteiger partial charge in [-0.05, 0) is 60.7 Å². The van der Waals surface area contributed by atoms with Crippen LogP contribution in [0.5, 0.6) is 5.75 Å². The normalized spacial score (nSPS) is 13.2. The second-order valence-corrected chi connectivity index (χ2v) is 9.93. The highest BCUT2D eigenvalue weighted by Gasteiger charge is 2.33. The van der Waals surface area contributed by atoms with Crippen molar-refractivity contribution < 1.29 is 30.4 Å². The highest BCUT2D eigenvalue weighted by Crippen LogP contribution is 2.29. The summed E-state index contributed by atoms with van der Waals surface area (Å²) in [6.45, 7) is -0.471. The molecule has 0 radical (unpaired) electrons. The first-order chi connectivity index (χ1) is 13.7. The second-order valence-electron chi connectivity index (χ2n) is 6.03. The molecule has 0 aliphatic rings. The van der Waals surface area contributed by atoms with E-state index in [-0.39, 0.29) is 15.6 Å². The molecule has 1 heterocycles. The minimum atomic E-state index is -4.06. The Morgan fingerprint density at radius 2 is 1.59 bits per heavy atom. The highest BCUT2D eigenvalue weighted by atomic mass is 32.2. The van der Waals surface area contributed by atoms with Gasteiger partial charge in [0.2, 0.25) is 10.0 Å². The number of benzene rings is 2. The van der Waals surface area contributed by atoms with Crippen LogP contribution >= 0.6 is 0 Å². The van der Waals surface area contributed by atoms with Gasteiger partial charge in [-0.15, -0.1) is 0 Å². The first kappa shape index (κ1) is 21.0. The van der Waals surface area contributed by atoms with Gasteiger partial charge in [-0.25, -0.2) is 25.9 Å². The molecule has 29 heavy (non-hydrogen) atoms. The van der Waals surface area contributed by atoms with Gasteiger partial charge in [0.1, 0.15) is 22.6 Å². The summed E-state index contributed by atoms with van der Waals surface area (Å²) in [5.74, 6) is -0.0400. The number of sulfonamides is 1. The maximum atomic E-state index is 13.2. The van der Waals surface area contributed by atoms with E-state index in [9.17, 15) is 21.2 Å². The predicted octanol–water partition coefficient (Wildman–Crippen LogP) is 2.92. The molecule has 0 fully saturated rings. The largest absolute Gasteiger partial charge is 0.497 e. The van der Waals surface area contributed by atoms with E-state index in [0.717, 1.165) is 24.3 Å². The maximum Gasteiger partial charge on any atom is 0.240 e. The summed E-state index contributed by atoms with van der Waals surface area (Å²) in [6, 6.07) is 12.9. The van der Waals surface area contributed by atoms with Crippen molar-refractivity contribution in [2.45, 2.75) is 15.0 Å². The van der Waals surface area contributed by atoms with Crippen molar-refractivity contribution in [1.29, 1.82) is 0 Å². The van der Waals surface area contributed by atoms with Gasteiger partial charge in [-0.2, -0.15) is 0 Å². The lowest BCUT2D eigenvalue weighted by atomic mass is 10.3. The van der Waals surface area contributed by atoms with Crippen LogP contribution in [0, 0.1) is 5.82 Å². The van der Waals surface area contributed by atoms with Gasteiger partial charge < -0.3 is 9.15 Å². The van der Waals surface area contributed by atoms with E-state index >= 15 is 0 Å². The minimum absolute atomic E-state index is 0.0457. The van der Waals surface area contributed by atoms with Crippen LogP contribution in [0.1, 0.15) is 11.0 Å². The molecule has 0 bridgehead atoms. The fourth-order valence-corrected chi connectivity index (χ4v) is 5.39. The van der Waals surface area contributed by atoms with Crippen LogP contribution in [0.4, 0.5) is 4.39 Å². The average Bonchev–Trinajstić information content (AvgIpc) is 3.22. The Balaban J connectivity index is 1.89. The molecule has 1 aromatic heterocycles. The Morgan fingerprint density at radius 1 is 0.966 bits per heavy atom. The molecule has 0 saturated carbocycles. The Hall–Kier alpha value is -2.69. The van der Waals surface area contributed by atoms with Gasteiger partial charge in [0.15, 0.2) is 9.84 Å². The van der Waals surface area contributed by atoms with Gasteiger partial charge in [0, 0.05) is 6.54 Å². The lowest BCUT2D eigenvalue weighted by Gasteiger charge is -2.17. The van der Waals surface area contributed by atoms with Crippen molar-refractivity contribution in [2.24, 2.45) is 0 Å². The lowest BCUT2D eigenvalue weighted by Crippen LogP contribution is -2.31. The van der Waals surface area contributed by atoms with Gasteiger partial charge in [-0.3, -0.25) is 0 Å². The number of sulfone groups is 1. The van der Waals surface area contributed by atoms with Crippen LogP contribution < -0.4 is 9.46 Å². The molecular formula is C19H18FNO6S2. The molecule has 1 N–H and O–H groups in total. The molecule has 0 amide bonds. The van der Waals surface area contributed by atoms with Crippen molar-refractivity contribution in [2.75, 3.05) is 13.7 Å². The van der Waals surface area contributed by atoms with Gasteiger partial charge in [0.25, 0.3) is 0 Å². The SMILES string of the molecule is COc1ccc(S(=O)(=O)NC[C@@H](c2ccco2)S(=O)(=O)c2ccc(F)cc2)cc1. The molecule has 7 nitrogen and oxygen atoms in total. The summed E-state index contributed by atoms with van der Waals surface area (Å²) in [4.78, 5) is -0.195. The van der Waals surface area contributed by atoms with Crippen molar-refractivity contribution in [3.63, 3.8) is 0 Å². The summed E-state index contributed by atoms with van der Waals surface area (Å²) in [7, 11) is -6.60. The lowest BCUT2D eigenvalue weighted by molar-refractivity contribution is 0.414. The molecule has 10 heteroatoms. The molecule has 1 atom stereocenters.